The summed E-state index contributed by atoms with van der Waals surface area (Å²) in [6, 6.07) is 13.5. The molecule has 0 spiro atoms. The van der Waals surface area contributed by atoms with E-state index in [4.69, 9.17) is 11.5 Å². The van der Waals surface area contributed by atoms with Crippen LogP contribution in [-0.2, 0) is 10.8 Å². The Labute approximate surface area is 178 Å². The molecule has 0 saturated heterocycles. The second kappa shape index (κ2) is 8.05. The van der Waals surface area contributed by atoms with Crippen molar-refractivity contribution in [1.29, 1.82) is 0 Å². The third kappa shape index (κ3) is 4.79. The molecular weight excluding hydrogens is 352 g/mol. The molecule has 2 nitrogen and oxygen atoms in total. The van der Waals surface area contributed by atoms with Crippen LogP contribution in [0.25, 0.3) is 0 Å². The highest BCUT2D eigenvalue weighted by Gasteiger charge is 2.29. The molecular formula is C27H40N2. The Morgan fingerprint density at radius 1 is 0.690 bits per heavy atom. The summed E-state index contributed by atoms with van der Waals surface area (Å²) in [6.07, 6.45) is 6.64. The highest BCUT2D eigenvalue weighted by Crippen LogP contribution is 2.43. The summed E-state index contributed by atoms with van der Waals surface area (Å²) in [5.41, 5.74) is 19.9. The van der Waals surface area contributed by atoms with Gasteiger partial charge in [-0.15, -0.1) is 0 Å². The van der Waals surface area contributed by atoms with Crippen LogP contribution in [0.3, 0.4) is 0 Å². The van der Waals surface area contributed by atoms with Gasteiger partial charge in [0.25, 0.3) is 0 Å². The van der Waals surface area contributed by atoms with E-state index in [1.807, 2.05) is 0 Å². The van der Waals surface area contributed by atoms with Crippen molar-refractivity contribution in [3.05, 3.63) is 58.7 Å². The minimum atomic E-state index is 0.0366. The highest BCUT2D eigenvalue weighted by atomic mass is 14.6. The molecule has 0 radical (unpaired) electrons. The molecule has 0 atom stereocenters. The quantitative estimate of drug-likeness (QED) is 0.544. The van der Waals surface area contributed by atoms with E-state index in [2.05, 4.69) is 77.9 Å². The fourth-order valence-corrected chi connectivity index (χ4v) is 5.04. The van der Waals surface area contributed by atoms with Crippen molar-refractivity contribution in [3.8, 4) is 0 Å². The first-order valence-electron chi connectivity index (χ1n) is 11.3. The second-order valence-electron chi connectivity index (χ2n) is 11.1. The van der Waals surface area contributed by atoms with Crippen molar-refractivity contribution in [1.82, 2.24) is 0 Å². The zero-order chi connectivity index (χ0) is 21.4. The highest BCUT2D eigenvalue weighted by molar-refractivity contribution is 5.56. The van der Waals surface area contributed by atoms with E-state index < -0.39 is 0 Å². The first kappa shape index (κ1) is 21.7. The SMILES string of the molecule is CC(C)(C)c1cc(C(c2ccc(N)c(C(C)(C)C)c2)C2CCCCC2)ccc1N. The molecule has 4 N–H and O–H groups in total. The first-order valence-corrected chi connectivity index (χ1v) is 11.3. The first-order chi connectivity index (χ1) is 13.5. The van der Waals surface area contributed by atoms with Crippen molar-refractivity contribution in [2.45, 2.75) is 90.4 Å². The van der Waals surface area contributed by atoms with Crippen LogP contribution in [0.5, 0.6) is 0 Å². The molecule has 2 aromatic carbocycles. The summed E-state index contributed by atoms with van der Waals surface area (Å²) in [6.45, 7) is 13.5. The average molecular weight is 393 g/mol. The molecule has 1 fully saturated rings. The maximum Gasteiger partial charge on any atom is 0.0352 e. The van der Waals surface area contributed by atoms with Crippen molar-refractivity contribution in [2.24, 2.45) is 5.92 Å². The van der Waals surface area contributed by atoms with Gasteiger partial charge in [0.15, 0.2) is 0 Å². The monoisotopic (exact) mass is 392 g/mol. The molecule has 0 bridgehead atoms. The molecule has 2 heteroatoms. The van der Waals surface area contributed by atoms with Crippen molar-refractivity contribution in [2.75, 3.05) is 11.5 Å². The number of anilines is 2. The van der Waals surface area contributed by atoms with E-state index in [0.717, 1.165) is 11.4 Å². The van der Waals surface area contributed by atoms with Gasteiger partial charge in [0.1, 0.15) is 0 Å². The van der Waals surface area contributed by atoms with Crippen LogP contribution >= 0.6 is 0 Å². The minimum absolute atomic E-state index is 0.0366. The van der Waals surface area contributed by atoms with Crippen molar-refractivity contribution >= 4 is 11.4 Å². The van der Waals surface area contributed by atoms with Crippen LogP contribution in [0.4, 0.5) is 11.4 Å². The van der Waals surface area contributed by atoms with Gasteiger partial charge >= 0.3 is 0 Å². The fraction of sp³-hybridized carbons (Fsp3) is 0.556. The van der Waals surface area contributed by atoms with Crippen LogP contribution in [0, 0.1) is 5.92 Å². The standard InChI is InChI=1S/C27H40N2/c1-26(2,3)21-16-19(12-14-23(21)28)25(18-10-8-7-9-11-18)20-13-15-24(29)22(17-20)27(4,5)6/h12-18,25H,7-11,28-29H2,1-6H3. The maximum atomic E-state index is 6.38. The Hall–Kier alpha value is -1.96. The van der Waals surface area contributed by atoms with Crippen molar-refractivity contribution < 1.29 is 0 Å². The predicted octanol–water partition coefficient (Wildman–Crippen LogP) is 7.16. The van der Waals surface area contributed by atoms with Crippen molar-refractivity contribution in [3.63, 3.8) is 0 Å². The molecule has 0 unspecified atom stereocenters. The number of nitrogen functional groups attached to an aromatic ring is 2. The van der Waals surface area contributed by atoms with Crippen LogP contribution in [0.15, 0.2) is 36.4 Å². The summed E-state index contributed by atoms with van der Waals surface area (Å²) in [5, 5.41) is 0. The lowest BCUT2D eigenvalue weighted by atomic mass is 9.71. The lowest BCUT2D eigenvalue weighted by Gasteiger charge is -2.33. The molecule has 3 rings (SSSR count). The fourth-order valence-electron chi connectivity index (χ4n) is 5.04. The molecule has 0 aliphatic heterocycles. The van der Waals surface area contributed by atoms with Gasteiger partial charge in [-0.3, -0.25) is 0 Å². The van der Waals surface area contributed by atoms with E-state index in [1.54, 1.807) is 0 Å². The largest absolute Gasteiger partial charge is 0.398 e. The smallest absolute Gasteiger partial charge is 0.0352 e. The van der Waals surface area contributed by atoms with Gasteiger partial charge in [-0.05, 0) is 64.0 Å². The summed E-state index contributed by atoms with van der Waals surface area (Å²) in [7, 11) is 0. The van der Waals surface area contributed by atoms with Gasteiger partial charge in [-0.25, -0.2) is 0 Å². The van der Waals surface area contributed by atoms with Crippen LogP contribution in [-0.4, -0.2) is 0 Å². The predicted molar refractivity (Wildman–Crippen MR) is 128 cm³/mol. The van der Waals surface area contributed by atoms with E-state index in [-0.39, 0.29) is 10.8 Å². The summed E-state index contributed by atoms with van der Waals surface area (Å²) >= 11 is 0. The zero-order valence-electron chi connectivity index (χ0n) is 19.3. The molecule has 1 saturated carbocycles. The normalized spacial score (nSPS) is 16.4. The van der Waals surface area contributed by atoms with Crippen LogP contribution in [0.1, 0.15) is 102 Å². The van der Waals surface area contributed by atoms with Gasteiger partial charge < -0.3 is 11.5 Å². The number of nitrogens with two attached hydrogens (primary N) is 2. The summed E-state index contributed by atoms with van der Waals surface area (Å²) in [5.74, 6) is 1.08. The Kier molecular flexibility index (Phi) is 6.03. The van der Waals surface area contributed by atoms with E-state index in [1.165, 1.54) is 54.4 Å². The van der Waals surface area contributed by atoms with Gasteiger partial charge in [-0.2, -0.15) is 0 Å². The second-order valence-corrected chi connectivity index (χ2v) is 11.1. The number of hydrogen-bond acceptors (Lipinski definition) is 2. The third-order valence-corrected chi connectivity index (χ3v) is 6.61. The van der Waals surface area contributed by atoms with E-state index in [0.29, 0.717) is 11.8 Å². The Balaban J connectivity index is 2.15. The van der Waals surface area contributed by atoms with Gasteiger partial charge in [0.05, 0.1) is 0 Å². The Bertz CT molecular complexity index is 782. The molecule has 1 aliphatic carbocycles. The summed E-state index contributed by atoms with van der Waals surface area (Å²) < 4.78 is 0. The van der Waals surface area contributed by atoms with E-state index in [9.17, 15) is 0 Å². The average Bonchev–Trinajstić information content (AvgIpc) is 2.63. The third-order valence-electron chi connectivity index (χ3n) is 6.61. The molecule has 0 aromatic heterocycles. The molecule has 158 valence electrons. The molecule has 0 heterocycles. The molecule has 2 aromatic rings. The maximum absolute atomic E-state index is 6.38. The minimum Gasteiger partial charge on any atom is -0.398 e. The lowest BCUT2D eigenvalue weighted by Crippen LogP contribution is -2.21. The number of rotatable bonds is 3. The Morgan fingerprint density at radius 2 is 1.10 bits per heavy atom. The summed E-state index contributed by atoms with van der Waals surface area (Å²) in [4.78, 5) is 0. The number of benzene rings is 2. The van der Waals surface area contributed by atoms with Crippen LogP contribution in [0.2, 0.25) is 0 Å². The van der Waals surface area contributed by atoms with Gasteiger partial charge in [0.2, 0.25) is 0 Å². The Morgan fingerprint density at radius 3 is 1.48 bits per heavy atom. The number of hydrogen-bond donors (Lipinski definition) is 2. The van der Waals surface area contributed by atoms with E-state index >= 15 is 0 Å². The molecule has 1 aliphatic rings. The zero-order valence-corrected chi connectivity index (χ0v) is 19.3. The van der Waals surface area contributed by atoms with Crippen LogP contribution < -0.4 is 11.5 Å². The lowest BCUT2D eigenvalue weighted by molar-refractivity contribution is 0.327. The van der Waals surface area contributed by atoms with Gasteiger partial charge in [-0.1, -0.05) is 85.1 Å². The molecule has 29 heavy (non-hydrogen) atoms. The topological polar surface area (TPSA) is 52.0 Å². The van der Waals surface area contributed by atoms with Gasteiger partial charge in [0, 0.05) is 17.3 Å². The molecule has 0 amide bonds.